The summed E-state index contributed by atoms with van der Waals surface area (Å²) in [7, 11) is 0. The van der Waals surface area contributed by atoms with E-state index in [0.29, 0.717) is 0 Å². The van der Waals surface area contributed by atoms with Crippen LogP contribution in [0.25, 0.3) is 0 Å². The van der Waals surface area contributed by atoms with Crippen LogP contribution in [0.2, 0.25) is 0 Å². The highest BCUT2D eigenvalue weighted by atomic mass is 127. The molecule has 0 atom stereocenters. The molecule has 0 aliphatic carbocycles. The number of aryl methyl sites for hydroxylation is 2. The summed E-state index contributed by atoms with van der Waals surface area (Å²) in [6, 6.07) is 3.95. The van der Waals surface area contributed by atoms with Crippen LogP contribution in [0.1, 0.15) is 21.5 Å². The fraction of sp³-hybridized carbons (Fsp3) is 0.222. The molecule has 0 unspecified atom stereocenters. The minimum atomic E-state index is 0.786. The summed E-state index contributed by atoms with van der Waals surface area (Å²) in [6.07, 6.45) is 0.897. The lowest BCUT2D eigenvalue weighted by atomic mass is 10.1. The van der Waals surface area contributed by atoms with Gasteiger partial charge in [-0.1, -0.05) is 0 Å². The maximum Gasteiger partial charge on any atom is 0.151 e. The Hall–Kier alpha value is -0.380. The third kappa shape index (κ3) is 1.80. The second-order valence-corrected chi connectivity index (χ2v) is 3.74. The Morgan fingerprint density at radius 2 is 1.82 bits per heavy atom. The van der Waals surface area contributed by atoms with E-state index in [2.05, 4.69) is 22.6 Å². The molecular weight excluding hydrogens is 251 g/mol. The van der Waals surface area contributed by atoms with E-state index in [-0.39, 0.29) is 0 Å². The number of halogens is 1. The van der Waals surface area contributed by atoms with Gasteiger partial charge in [-0.25, -0.2) is 0 Å². The number of aldehydes is 1. The van der Waals surface area contributed by atoms with Crippen LogP contribution in [0.15, 0.2) is 12.1 Å². The van der Waals surface area contributed by atoms with E-state index in [4.69, 9.17) is 0 Å². The number of hydrogen-bond acceptors (Lipinski definition) is 1. The molecule has 0 heterocycles. The average Bonchev–Trinajstić information content (AvgIpc) is 1.97. The quantitative estimate of drug-likeness (QED) is 0.560. The van der Waals surface area contributed by atoms with Crippen molar-refractivity contribution < 1.29 is 4.79 Å². The molecule has 1 aromatic rings. The molecule has 0 radical (unpaired) electrons. The van der Waals surface area contributed by atoms with Crippen LogP contribution in [0, 0.1) is 17.4 Å². The number of carbonyl (C=O) groups excluding carboxylic acids is 1. The standard InChI is InChI=1S/C9H9IO/c1-6-3-8(5-11)9(10)4-7(6)2/h3-5H,1-2H3. The van der Waals surface area contributed by atoms with Crippen molar-refractivity contribution in [3.05, 3.63) is 32.4 Å². The zero-order valence-electron chi connectivity index (χ0n) is 6.52. The maximum absolute atomic E-state index is 10.5. The summed E-state index contributed by atoms with van der Waals surface area (Å²) < 4.78 is 1.03. The molecule has 1 nitrogen and oxygen atoms in total. The van der Waals surface area contributed by atoms with E-state index in [9.17, 15) is 4.79 Å². The Labute approximate surface area is 79.9 Å². The number of rotatable bonds is 1. The molecule has 58 valence electrons. The molecule has 0 saturated carbocycles. The summed E-state index contributed by atoms with van der Waals surface area (Å²) in [5.41, 5.74) is 3.20. The van der Waals surface area contributed by atoms with Crippen LogP contribution >= 0.6 is 22.6 Å². The van der Waals surface area contributed by atoms with Gasteiger partial charge in [-0.3, -0.25) is 4.79 Å². The van der Waals surface area contributed by atoms with Gasteiger partial charge in [-0.05, 0) is 59.7 Å². The van der Waals surface area contributed by atoms with Gasteiger partial charge in [0.1, 0.15) is 0 Å². The molecule has 0 spiro atoms. The van der Waals surface area contributed by atoms with Crippen molar-refractivity contribution in [1.29, 1.82) is 0 Å². The second-order valence-electron chi connectivity index (χ2n) is 2.58. The van der Waals surface area contributed by atoms with E-state index in [1.807, 2.05) is 26.0 Å². The van der Waals surface area contributed by atoms with E-state index in [0.717, 1.165) is 15.4 Å². The SMILES string of the molecule is Cc1cc(I)c(C=O)cc1C. The first kappa shape index (κ1) is 8.71. The molecule has 1 aromatic carbocycles. The van der Waals surface area contributed by atoms with Crippen molar-refractivity contribution in [2.24, 2.45) is 0 Å². The maximum atomic E-state index is 10.5. The smallest absolute Gasteiger partial charge is 0.151 e. The zero-order valence-corrected chi connectivity index (χ0v) is 8.68. The van der Waals surface area contributed by atoms with Gasteiger partial charge in [0.05, 0.1) is 0 Å². The topological polar surface area (TPSA) is 17.1 Å². The van der Waals surface area contributed by atoms with Gasteiger partial charge in [0.25, 0.3) is 0 Å². The zero-order chi connectivity index (χ0) is 8.43. The minimum Gasteiger partial charge on any atom is -0.298 e. The van der Waals surface area contributed by atoms with Crippen LogP contribution in [0.3, 0.4) is 0 Å². The highest BCUT2D eigenvalue weighted by molar-refractivity contribution is 14.1. The Morgan fingerprint density at radius 1 is 1.27 bits per heavy atom. The Balaban J connectivity index is 3.31. The summed E-state index contributed by atoms with van der Waals surface area (Å²) in [6.45, 7) is 4.06. The fourth-order valence-electron chi connectivity index (χ4n) is 0.894. The van der Waals surface area contributed by atoms with Crippen molar-refractivity contribution in [3.63, 3.8) is 0 Å². The van der Waals surface area contributed by atoms with E-state index in [1.165, 1.54) is 11.1 Å². The van der Waals surface area contributed by atoms with Crippen molar-refractivity contribution >= 4 is 28.9 Å². The van der Waals surface area contributed by atoms with Gasteiger partial charge >= 0.3 is 0 Å². The van der Waals surface area contributed by atoms with Crippen molar-refractivity contribution in [2.45, 2.75) is 13.8 Å². The monoisotopic (exact) mass is 260 g/mol. The van der Waals surface area contributed by atoms with Crippen LogP contribution in [-0.2, 0) is 0 Å². The molecule has 0 aliphatic heterocycles. The average molecular weight is 260 g/mol. The van der Waals surface area contributed by atoms with Crippen LogP contribution in [-0.4, -0.2) is 6.29 Å². The molecule has 0 bridgehead atoms. The molecule has 11 heavy (non-hydrogen) atoms. The predicted molar refractivity (Wildman–Crippen MR) is 54.0 cm³/mol. The molecule has 0 amide bonds. The predicted octanol–water partition coefficient (Wildman–Crippen LogP) is 2.72. The highest BCUT2D eigenvalue weighted by Crippen LogP contribution is 2.15. The fourth-order valence-corrected chi connectivity index (χ4v) is 1.64. The molecule has 0 aromatic heterocycles. The Morgan fingerprint density at radius 3 is 2.36 bits per heavy atom. The highest BCUT2D eigenvalue weighted by Gasteiger charge is 2.00. The largest absolute Gasteiger partial charge is 0.298 e. The first-order valence-corrected chi connectivity index (χ1v) is 4.45. The van der Waals surface area contributed by atoms with Gasteiger partial charge in [0.2, 0.25) is 0 Å². The first-order chi connectivity index (χ1) is 5.15. The molecule has 0 fully saturated rings. The normalized spacial score (nSPS) is 9.73. The Bertz CT molecular complexity index is 292. The first-order valence-electron chi connectivity index (χ1n) is 3.37. The third-order valence-electron chi connectivity index (χ3n) is 1.74. The molecular formula is C9H9IO. The lowest BCUT2D eigenvalue weighted by molar-refractivity contribution is 0.112. The van der Waals surface area contributed by atoms with Crippen LogP contribution < -0.4 is 0 Å². The summed E-state index contributed by atoms with van der Waals surface area (Å²) in [5, 5.41) is 0. The van der Waals surface area contributed by atoms with E-state index >= 15 is 0 Å². The van der Waals surface area contributed by atoms with Crippen LogP contribution in [0.4, 0.5) is 0 Å². The number of carbonyl (C=O) groups is 1. The van der Waals surface area contributed by atoms with E-state index < -0.39 is 0 Å². The molecule has 0 saturated heterocycles. The Kier molecular flexibility index (Phi) is 2.65. The van der Waals surface area contributed by atoms with Crippen LogP contribution in [0.5, 0.6) is 0 Å². The van der Waals surface area contributed by atoms with E-state index in [1.54, 1.807) is 0 Å². The third-order valence-corrected chi connectivity index (χ3v) is 2.67. The second kappa shape index (κ2) is 3.34. The molecule has 0 aliphatic rings. The lowest BCUT2D eigenvalue weighted by Crippen LogP contribution is -1.90. The molecule has 1 rings (SSSR count). The number of hydrogen-bond donors (Lipinski definition) is 0. The summed E-state index contributed by atoms with van der Waals surface area (Å²) in [4.78, 5) is 10.5. The molecule has 0 N–H and O–H groups in total. The van der Waals surface area contributed by atoms with Crippen molar-refractivity contribution in [3.8, 4) is 0 Å². The van der Waals surface area contributed by atoms with Crippen molar-refractivity contribution in [2.75, 3.05) is 0 Å². The number of benzene rings is 1. The summed E-state index contributed by atoms with van der Waals surface area (Å²) in [5.74, 6) is 0. The molecule has 2 heteroatoms. The van der Waals surface area contributed by atoms with Gasteiger partial charge in [0, 0.05) is 9.13 Å². The summed E-state index contributed by atoms with van der Waals surface area (Å²) >= 11 is 2.17. The van der Waals surface area contributed by atoms with Gasteiger partial charge < -0.3 is 0 Å². The van der Waals surface area contributed by atoms with Gasteiger partial charge in [-0.2, -0.15) is 0 Å². The minimum absolute atomic E-state index is 0.786. The van der Waals surface area contributed by atoms with Crippen molar-refractivity contribution in [1.82, 2.24) is 0 Å². The van der Waals surface area contributed by atoms with Gasteiger partial charge in [-0.15, -0.1) is 0 Å². The van der Waals surface area contributed by atoms with Gasteiger partial charge in [0.15, 0.2) is 6.29 Å². The lowest BCUT2D eigenvalue weighted by Gasteiger charge is -2.02.